The minimum absolute atomic E-state index is 0.0611. The van der Waals surface area contributed by atoms with Gasteiger partial charge in [-0.25, -0.2) is 13.8 Å². The summed E-state index contributed by atoms with van der Waals surface area (Å²) in [6.45, 7) is 5.68. The van der Waals surface area contributed by atoms with Crippen molar-refractivity contribution in [1.29, 1.82) is 0 Å². The molecule has 0 atom stereocenters. The van der Waals surface area contributed by atoms with Crippen molar-refractivity contribution < 1.29 is 13.6 Å². The molecule has 3 N–H and O–H groups in total. The van der Waals surface area contributed by atoms with Crippen molar-refractivity contribution in [2.24, 2.45) is 10.5 Å². The van der Waals surface area contributed by atoms with Gasteiger partial charge in [0.1, 0.15) is 17.2 Å². The van der Waals surface area contributed by atoms with Gasteiger partial charge in [0.05, 0.1) is 41.2 Å². The molecule has 9 nitrogen and oxygen atoms in total. The van der Waals surface area contributed by atoms with Gasteiger partial charge in [0, 0.05) is 40.7 Å². The Morgan fingerprint density at radius 2 is 1.82 bits per heavy atom. The zero-order valence-electron chi connectivity index (χ0n) is 21.9. The van der Waals surface area contributed by atoms with E-state index in [2.05, 4.69) is 35.8 Å². The summed E-state index contributed by atoms with van der Waals surface area (Å²) >= 11 is 0. The molecule has 6 rings (SSSR count). The van der Waals surface area contributed by atoms with Gasteiger partial charge in [-0.1, -0.05) is 32.9 Å². The molecule has 0 fully saturated rings. The third-order valence-electron chi connectivity index (χ3n) is 6.50. The lowest BCUT2D eigenvalue weighted by Crippen LogP contribution is -2.27. The molecule has 4 aromatic heterocycles. The van der Waals surface area contributed by atoms with Crippen molar-refractivity contribution in [3.8, 4) is 22.4 Å². The highest BCUT2D eigenvalue weighted by Crippen LogP contribution is 2.31. The SMILES string of the molecule is CC(C)(C)C(=O)Nc1cncc(-c2ncc3c(c2F)C(c2nc4c(-c5cccc(F)c5)cncc4[nH]2)=NNC3)c1. The van der Waals surface area contributed by atoms with Crippen LogP contribution in [0.5, 0.6) is 0 Å². The Labute approximate surface area is 227 Å². The Kier molecular flexibility index (Phi) is 6.05. The van der Waals surface area contributed by atoms with E-state index in [1.165, 1.54) is 24.5 Å². The van der Waals surface area contributed by atoms with Gasteiger partial charge in [-0.15, -0.1) is 0 Å². The quantitative estimate of drug-likeness (QED) is 0.289. The number of H-pyrrole nitrogens is 1. The van der Waals surface area contributed by atoms with Crippen LogP contribution in [0.2, 0.25) is 0 Å². The smallest absolute Gasteiger partial charge is 0.229 e. The van der Waals surface area contributed by atoms with E-state index in [1.807, 2.05) is 0 Å². The number of halogens is 2. The molecular formula is C29H24F2N8O. The third-order valence-corrected chi connectivity index (χ3v) is 6.50. The van der Waals surface area contributed by atoms with Crippen molar-refractivity contribution in [2.75, 3.05) is 5.32 Å². The predicted octanol–water partition coefficient (Wildman–Crippen LogP) is 5.20. The number of benzene rings is 1. The van der Waals surface area contributed by atoms with Gasteiger partial charge in [0.25, 0.3) is 0 Å². The van der Waals surface area contributed by atoms with Crippen molar-refractivity contribution in [3.63, 3.8) is 0 Å². The Bertz CT molecular complexity index is 1820. The van der Waals surface area contributed by atoms with E-state index in [0.717, 1.165) is 0 Å². The number of carbonyl (C=O) groups is 1. The number of carbonyl (C=O) groups excluding carboxylic acids is 1. The topological polar surface area (TPSA) is 121 Å². The molecule has 1 aliphatic rings. The molecule has 40 heavy (non-hydrogen) atoms. The summed E-state index contributed by atoms with van der Waals surface area (Å²) in [4.78, 5) is 33.2. The van der Waals surface area contributed by atoms with Crippen LogP contribution < -0.4 is 10.7 Å². The summed E-state index contributed by atoms with van der Waals surface area (Å²) in [6.07, 6.45) is 7.78. The highest BCUT2D eigenvalue weighted by Gasteiger charge is 2.27. The number of fused-ring (bicyclic) bond motifs is 2. The number of rotatable bonds is 4. The Morgan fingerprint density at radius 1 is 1.00 bits per heavy atom. The summed E-state index contributed by atoms with van der Waals surface area (Å²) in [5, 5.41) is 7.20. The van der Waals surface area contributed by atoms with E-state index < -0.39 is 11.2 Å². The average molecular weight is 539 g/mol. The van der Waals surface area contributed by atoms with E-state index in [0.29, 0.717) is 44.8 Å². The molecule has 5 aromatic rings. The molecule has 0 saturated heterocycles. The number of nitrogens with zero attached hydrogens (tertiary/aromatic N) is 5. The second-order valence-electron chi connectivity index (χ2n) is 10.5. The van der Waals surface area contributed by atoms with Crippen LogP contribution in [-0.4, -0.2) is 36.5 Å². The van der Waals surface area contributed by atoms with E-state index in [-0.39, 0.29) is 35.2 Å². The maximum absolute atomic E-state index is 16.2. The third kappa shape index (κ3) is 4.55. The van der Waals surface area contributed by atoms with Crippen molar-refractivity contribution in [2.45, 2.75) is 27.3 Å². The van der Waals surface area contributed by atoms with Crippen molar-refractivity contribution >= 4 is 28.3 Å². The lowest BCUT2D eigenvalue weighted by molar-refractivity contribution is -0.123. The van der Waals surface area contributed by atoms with E-state index in [9.17, 15) is 9.18 Å². The highest BCUT2D eigenvalue weighted by atomic mass is 19.1. The minimum atomic E-state index is -0.611. The van der Waals surface area contributed by atoms with Gasteiger partial charge < -0.3 is 15.7 Å². The zero-order chi connectivity index (χ0) is 28.0. The maximum atomic E-state index is 16.2. The average Bonchev–Trinajstić information content (AvgIpc) is 3.37. The monoisotopic (exact) mass is 538 g/mol. The van der Waals surface area contributed by atoms with Gasteiger partial charge in [-0.2, -0.15) is 5.10 Å². The molecular weight excluding hydrogens is 514 g/mol. The number of pyridine rings is 3. The first-order valence-electron chi connectivity index (χ1n) is 12.5. The number of hydrogen-bond acceptors (Lipinski definition) is 7. The number of hydrazone groups is 1. The molecule has 0 spiro atoms. The number of anilines is 1. The Balaban J connectivity index is 1.42. The van der Waals surface area contributed by atoms with Crippen molar-refractivity contribution in [1.82, 2.24) is 30.3 Å². The van der Waals surface area contributed by atoms with Crippen LogP contribution in [0.25, 0.3) is 33.4 Å². The molecule has 1 aliphatic heterocycles. The van der Waals surface area contributed by atoms with E-state index >= 15 is 4.39 Å². The summed E-state index contributed by atoms with van der Waals surface area (Å²) in [5.41, 5.74) is 6.67. The zero-order valence-corrected chi connectivity index (χ0v) is 21.9. The normalized spacial score (nSPS) is 13.0. The fourth-order valence-corrected chi connectivity index (χ4v) is 4.41. The molecule has 11 heteroatoms. The fraction of sp³-hybridized carbons (Fsp3) is 0.172. The van der Waals surface area contributed by atoms with Gasteiger partial charge in [-0.05, 0) is 23.8 Å². The molecule has 1 amide bonds. The van der Waals surface area contributed by atoms with Crippen LogP contribution >= 0.6 is 0 Å². The summed E-state index contributed by atoms with van der Waals surface area (Å²) in [7, 11) is 0. The van der Waals surface area contributed by atoms with Crippen LogP contribution in [0.15, 0.2) is 66.4 Å². The number of amides is 1. The number of imidazole rings is 1. The summed E-state index contributed by atoms with van der Waals surface area (Å²) in [5.74, 6) is -0.848. The van der Waals surface area contributed by atoms with Crippen LogP contribution in [0.3, 0.4) is 0 Å². The Hall–Kier alpha value is -5.06. The van der Waals surface area contributed by atoms with Crippen LogP contribution in [0, 0.1) is 17.0 Å². The first-order valence-corrected chi connectivity index (χ1v) is 12.5. The summed E-state index contributed by atoms with van der Waals surface area (Å²) in [6, 6.07) is 7.79. The van der Waals surface area contributed by atoms with Crippen LogP contribution in [0.1, 0.15) is 37.7 Å². The molecule has 5 heterocycles. The van der Waals surface area contributed by atoms with E-state index in [1.54, 1.807) is 57.6 Å². The van der Waals surface area contributed by atoms with Gasteiger partial charge in [-0.3, -0.25) is 19.7 Å². The highest BCUT2D eigenvalue weighted by molar-refractivity contribution is 6.14. The molecule has 1 aromatic carbocycles. The number of nitrogens with one attached hydrogen (secondary N) is 3. The van der Waals surface area contributed by atoms with Gasteiger partial charge >= 0.3 is 0 Å². The fourth-order valence-electron chi connectivity index (χ4n) is 4.41. The number of aromatic nitrogens is 5. The van der Waals surface area contributed by atoms with Gasteiger partial charge in [0.15, 0.2) is 11.6 Å². The molecule has 0 saturated carbocycles. The summed E-state index contributed by atoms with van der Waals surface area (Å²) < 4.78 is 30.1. The number of aromatic amines is 1. The molecule has 0 radical (unpaired) electrons. The maximum Gasteiger partial charge on any atom is 0.229 e. The minimum Gasteiger partial charge on any atom is -0.335 e. The largest absolute Gasteiger partial charge is 0.335 e. The number of hydrogen-bond donors (Lipinski definition) is 3. The van der Waals surface area contributed by atoms with E-state index in [4.69, 9.17) is 4.98 Å². The first kappa shape index (κ1) is 25.2. The van der Waals surface area contributed by atoms with Crippen LogP contribution in [-0.2, 0) is 11.3 Å². The van der Waals surface area contributed by atoms with Crippen LogP contribution in [0.4, 0.5) is 14.5 Å². The first-order chi connectivity index (χ1) is 19.2. The lowest BCUT2D eigenvalue weighted by Gasteiger charge is -2.19. The second-order valence-corrected chi connectivity index (χ2v) is 10.5. The predicted molar refractivity (Wildman–Crippen MR) is 147 cm³/mol. The molecule has 200 valence electrons. The standard InChI is InChI=1S/C29H24F2N8O/c1-29(2,3)28(40)36-19-8-16(9-32-12-19)24-23(31)22-17(10-34-24)11-35-39-26(22)27-37-21-14-33-13-20(25(21)38-27)15-5-4-6-18(30)7-15/h4-10,12-14,35H,11H2,1-3H3,(H,36,40)(H,37,38). The molecule has 0 unspecified atom stereocenters. The molecule has 0 aliphatic carbocycles. The lowest BCUT2D eigenvalue weighted by atomic mass is 9.95. The molecule has 0 bridgehead atoms. The Morgan fingerprint density at radius 3 is 2.62 bits per heavy atom. The van der Waals surface area contributed by atoms with Crippen molar-refractivity contribution in [3.05, 3.63) is 89.9 Å². The second kappa shape index (κ2) is 9.60. The van der Waals surface area contributed by atoms with Gasteiger partial charge in [0.2, 0.25) is 5.91 Å².